The van der Waals surface area contributed by atoms with Gasteiger partial charge in [0.25, 0.3) is 0 Å². The molecule has 0 radical (unpaired) electrons. The number of rotatable bonds is 5. The summed E-state index contributed by atoms with van der Waals surface area (Å²) in [5, 5.41) is 13.2. The molecule has 0 aromatic carbocycles. The minimum atomic E-state index is -1.27. The minimum Gasteiger partial charge on any atom is -0.481 e. The van der Waals surface area contributed by atoms with Crippen molar-refractivity contribution in [2.75, 3.05) is 14.1 Å². The van der Waals surface area contributed by atoms with Gasteiger partial charge >= 0.3 is 12.0 Å². The summed E-state index contributed by atoms with van der Waals surface area (Å²) in [6.07, 6.45) is -0.342. The molecule has 0 aliphatic heterocycles. The molecule has 0 fully saturated rings. The first kappa shape index (κ1) is 17.9. The van der Waals surface area contributed by atoms with Gasteiger partial charge in [-0.15, -0.1) is 0 Å². The summed E-state index contributed by atoms with van der Waals surface area (Å²) >= 11 is 0. The van der Waals surface area contributed by atoms with Gasteiger partial charge in [0, 0.05) is 20.5 Å². The number of aliphatic carboxylic acids is 1. The van der Waals surface area contributed by atoms with Gasteiger partial charge in [0.1, 0.15) is 6.04 Å². The molecule has 8 heteroatoms. The number of carboxylic acids is 1. The van der Waals surface area contributed by atoms with Gasteiger partial charge in [-0.3, -0.25) is 19.7 Å². The lowest BCUT2D eigenvalue weighted by molar-refractivity contribution is -0.149. The lowest BCUT2D eigenvalue weighted by Crippen LogP contribution is -2.50. The molecule has 8 nitrogen and oxygen atoms in total. The predicted octanol–water partition coefficient (Wildman–Crippen LogP) is -0.210. The summed E-state index contributed by atoms with van der Waals surface area (Å²) < 4.78 is 0. The normalized spacial score (nSPS) is 12.2. The monoisotopic (exact) mass is 287 g/mol. The second-order valence-electron chi connectivity index (χ2n) is 5.34. The van der Waals surface area contributed by atoms with Gasteiger partial charge in [0.15, 0.2) is 0 Å². The number of carboxylic acid groups (broad SMARTS) is 1. The maximum Gasteiger partial charge on any atom is 0.322 e. The van der Waals surface area contributed by atoms with Gasteiger partial charge in [0.05, 0.1) is 5.41 Å². The van der Waals surface area contributed by atoms with E-state index in [-0.39, 0.29) is 12.3 Å². The summed E-state index contributed by atoms with van der Waals surface area (Å²) in [5.41, 5.74) is -1.27. The molecular weight excluding hydrogens is 266 g/mol. The maximum absolute atomic E-state index is 11.5. The van der Waals surface area contributed by atoms with Gasteiger partial charge in [0.2, 0.25) is 11.8 Å². The Morgan fingerprint density at radius 2 is 1.70 bits per heavy atom. The van der Waals surface area contributed by atoms with Crippen molar-refractivity contribution in [1.82, 2.24) is 15.5 Å². The molecule has 0 aliphatic rings. The summed E-state index contributed by atoms with van der Waals surface area (Å²) in [6.45, 7) is 4.24. The number of carbonyl (C=O) groups excluding carboxylic acids is 3. The predicted molar refractivity (Wildman–Crippen MR) is 70.9 cm³/mol. The van der Waals surface area contributed by atoms with Crippen LogP contribution in [0.4, 0.5) is 4.79 Å². The molecule has 3 N–H and O–H groups in total. The molecule has 0 heterocycles. The lowest BCUT2D eigenvalue weighted by Gasteiger charge is -2.20. The molecule has 0 bridgehead atoms. The Balaban J connectivity index is 4.39. The molecule has 4 amide bonds. The van der Waals surface area contributed by atoms with Crippen molar-refractivity contribution in [3.05, 3.63) is 0 Å². The average molecular weight is 287 g/mol. The third-order valence-corrected chi connectivity index (χ3v) is 2.59. The Hall–Kier alpha value is -2.12. The van der Waals surface area contributed by atoms with E-state index >= 15 is 0 Å². The lowest BCUT2D eigenvalue weighted by atomic mass is 9.89. The Labute approximate surface area is 117 Å². The summed E-state index contributed by atoms with van der Waals surface area (Å²) in [5.74, 6) is -2.18. The molecule has 20 heavy (non-hydrogen) atoms. The molecular formula is C12H21N3O5. The number of urea groups is 1. The van der Waals surface area contributed by atoms with Crippen LogP contribution in [-0.2, 0) is 14.4 Å². The molecule has 1 unspecified atom stereocenters. The molecule has 0 aliphatic carbocycles. The smallest absolute Gasteiger partial charge is 0.322 e. The van der Waals surface area contributed by atoms with Gasteiger partial charge in [-0.1, -0.05) is 0 Å². The van der Waals surface area contributed by atoms with Gasteiger partial charge in [-0.05, 0) is 20.8 Å². The van der Waals surface area contributed by atoms with Crippen molar-refractivity contribution < 1.29 is 24.3 Å². The highest BCUT2D eigenvalue weighted by molar-refractivity contribution is 5.97. The van der Waals surface area contributed by atoms with Crippen LogP contribution in [0.3, 0.4) is 0 Å². The van der Waals surface area contributed by atoms with E-state index in [1.807, 2.05) is 5.32 Å². The molecule has 0 aromatic rings. The zero-order valence-corrected chi connectivity index (χ0v) is 12.3. The highest BCUT2D eigenvalue weighted by Gasteiger charge is 2.31. The van der Waals surface area contributed by atoms with Crippen LogP contribution in [0.5, 0.6) is 0 Å². The van der Waals surface area contributed by atoms with Crippen LogP contribution in [0.2, 0.25) is 0 Å². The molecule has 0 aromatic heterocycles. The van der Waals surface area contributed by atoms with Crippen LogP contribution in [0, 0.1) is 5.41 Å². The largest absolute Gasteiger partial charge is 0.481 e. The highest BCUT2D eigenvalue weighted by atomic mass is 16.4. The summed E-state index contributed by atoms with van der Waals surface area (Å²) in [6, 6.07) is -1.62. The van der Waals surface area contributed by atoms with E-state index < -0.39 is 29.4 Å². The number of nitrogens with one attached hydrogen (secondary N) is 2. The van der Waals surface area contributed by atoms with E-state index in [9.17, 15) is 19.2 Å². The van der Waals surface area contributed by atoms with E-state index in [0.717, 1.165) is 0 Å². The molecule has 0 rings (SSSR count). The van der Waals surface area contributed by atoms with Gasteiger partial charge in [-0.25, -0.2) is 4.79 Å². The van der Waals surface area contributed by atoms with Crippen LogP contribution in [-0.4, -0.2) is 54.0 Å². The number of likely N-dealkylation sites (N-methyl/N-ethyl adjacent to an activating group) is 1. The van der Waals surface area contributed by atoms with E-state index in [0.29, 0.717) is 0 Å². The fourth-order valence-corrected chi connectivity index (χ4v) is 1.33. The second-order valence-corrected chi connectivity index (χ2v) is 5.34. The summed E-state index contributed by atoms with van der Waals surface area (Å²) in [7, 11) is 3.08. The number of amides is 4. The molecule has 0 spiro atoms. The van der Waals surface area contributed by atoms with Crippen molar-refractivity contribution in [1.29, 1.82) is 0 Å². The minimum absolute atomic E-state index is 0.321. The number of carbonyl (C=O) groups is 4. The third kappa shape index (κ3) is 5.68. The van der Waals surface area contributed by atoms with Crippen LogP contribution in [0.25, 0.3) is 0 Å². The number of hydrogen-bond donors (Lipinski definition) is 3. The Morgan fingerprint density at radius 3 is 2.10 bits per heavy atom. The van der Waals surface area contributed by atoms with Crippen molar-refractivity contribution in [2.45, 2.75) is 33.2 Å². The van der Waals surface area contributed by atoms with E-state index in [4.69, 9.17) is 5.11 Å². The maximum atomic E-state index is 11.5. The highest BCUT2D eigenvalue weighted by Crippen LogP contribution is 2.19. The molecule has 114 valence electrons. The number of hydrogen-bond acceptors (Lipinski definition) is 4. The first-order chi connectivity index (χ1) is 8.97. The fourth-order valence-electron chi connectivity index (χ4n) is 1.33. The second kappa shape index (κ2) is 6.88. The van der Waals surface area contributed by atoms with Crippen molar-refractivity contribution in [2.24, 2.45) is 5.41 Å². The van der Waals surface area contributed by atoms with Gasteiger partial charge < -0.3 is 15.3 Å². The zero-order chi connectivity index (χ0) is 16.1. The molecule has 1 atom stereocenters. The van der Waals surface area contributed by atoms with Crippen molar-refractivity contribution in [3.63, 3.8) is 0 Å². The van der Waals surface area contributed by atoms with E-state index in [1.54, 1.807) is 14.1 Å². The third-order valence-electron chi connectivity index (χ3n) is 2.59. The average Bonchev–Trinajstić information content (AvgIpc) is 2.25. The van der Waals surface area contributed by atoms with Crippen LogP contribution < -0.4 is 10.6 Å². The standard InChI is InChI=1S/C12H21N3O5/c1-7(9(17)15(4)5)13-11(20)14-8(16)6-12(2,3)10(18)19/h7H,6H2,1-5H3,(H,18,19)(H2,13,14,16,20). The fraction of sp³-hybridized carbons (Fsp3) is 0.667. The zero-order valence-electron chi connectivity index (χ0n) is 12.3. The van der Waals surface area contributed by atoms with Crippen LogP contribution >= 0.6 is 0 Å². The van der Waals surface area contributed by atoms with E-state index in [2.05, 4.69) is 5.32 Å². The number of nitrogens with zero attached hydrogens (tertiary/aromatic N) is 1. The molecule has 0 saturated carbocycles. The number of imide groups is 1. The topological polar surface area (TPSA) is 116 Å². The van der Waals surface area contributed by atoms with Crippen molar-refractivity contribution in [3.8, 4) is 0 Å². The summed E-state index contributed by atoms with van der Waals surface area (Å²) in [4.78, 5) is 46.7. The Kier molecular flexibility index (Phi) is 6.15. The first-order valence-corrected chi connectivity index (χ1v) is 6.02. The molecule has 0 saturated heterocycles. The SMILES string of the molecule is CC(NC(=O)NC(=O)CC(C)(C)C(=O)O)C(=O)N(C)C. The van der Waals surface area contributed by atoms with Crippen LogP contribution in [0.1, 0.15) is 27.2 Å². The first-order valence-electron chi connectivity index (χ1n) is 6.02. The Bertz CT molecular complexity index is 417. The van der Waals surface area contributed by atoms with Crippen LogP contribution in [0.15, 0.2) is 0 Å². The van der Waals surface area contributed by atoms with E-state index in [1.165, 1.54) is 25.7 Å². The van der Waals surface area contributed by atoms with Gasteiger partial charge in [-0.2, -0.15) is 0 Å². The van der Waals surface area contributed by atoms with Crippen molar-refractivity contribution >= 4 is 23.8 Å². The quantitative estimate of drug-likeness (QED) is 0.647. The Morgan fingerprint density at radius 1 is 1.20 bits per heavy atom.